The first-order valence-corrected chi connectivity index (χ1v) is 5.77. The lowest BCUT2D eigenvalue weighted by Crippen LogP contribution is -2.06. The maximum Gasteiger partial charge on any atom is 0.161 e. The van der Waals surface area contributed by atoms with Crippen molar-refractivity contribution in [2.24, 2.45) is 11.7 Å². The smallest absolute Gasteiger partial charge is 0.161 e. The van der Waals surface area contributed by atoms with Gasteiger partial charge in [0.25, 0.3) is 0 Å². The van der Waals surface area contributed by atoms with Gasteiger partial charge in [-0.25, -0.2) is 0 Å². The minimum absolute atomic E-state index is 0.0198. The second kappa shape index (κ2) is 4.74. The number of nitrogens with two attached hydrogens (primary N) is 1. The Morgan fingerprint density at radius 1 is 1.38 bits per heavy atom. The van der Waals surface area contributed by atoms with Gasteiger partial charge >= 0.3 is 0 Å². The second-order valence-electron chi connectivity index (χ2n) is 4.45. The van der Waals surface area contributed by atoms with Crippen LogP contribution in [0.2, 0.25) is 0 Å². The highest BCUT2D eigenvalue weighted by molar-refractivity contribution is 5.43. The molecule has 0 unspecified atom stereocenters. The Balaban J connectivity index is 2.09. The van der Waals surface area contributed by atoms with E-state index in [0.717, 1.165) is 29.6 Å². The lowest BCUT2D eigenvalue weighted by Gasteiger charge is -2.13. The van der Waals surface area contributed by atoms with Crippen LogP contribution in [-0.2, 0) is 0 Å². The van der Waals surface area contributed by atoms with E-state index in [0.29, 0.717) is 0 Å². The summed E-state index contributed by atoms with van der Waals surface area (Å²) in [5.74, 6) is 2.34. The fourth-order valence-electron chi connectivity index (χ4n) is 1.58. The van der Waals surface area contributed by atoms with Crippen molar-refractivity contribution in [2.75, 3.05) is 13.7 Å². The third kappa shape index (κ3) is 2.67. The quantitative estimate of drug-likeness (QED) is 0.830. The van der Waals surface area contributed by atoms with Gasteiger partial charge in [0, 0.05) is 6.04 Å². The summed E-state index contributed by atoms with van der Waals surface area (Å²) in [6.45, 7) is 2.76. The van der Waals surface area contributed by atoms with E-state index < -0.39 is 0 Å². The summed E-state index contributed by atoms with van der Waals surface area (Å²) in [4.78, 5) is 0. The van der Waals surface area contributed by atoms with Gasteiger partial charge in [0.05, 0.1) is 13.7 Å². The summed E-state index contributed by atoms with van der Waals surface area (Å²) in [7, 11) is 1.66. The van der Waals surface area contributed by atoms with Crippen LogP contribution < -0.4 is 15.2 Å². The summed E-state index contributed by atoms with van der Waals surface area (Å²) < 4.78 is 11.0. The molecule has 16 heavy (non-hydrogen) atoms. The molecule has 1 saturated carbocycles. The molecule has 1 fully saturated rings. The molecule has 0 amide bonds. The molecule has 0 saturated heterocycles. The number of hydrogen-bond acceptors (Lipinski definition) is 3. The Morgan fingerprint density at radius 2 is 2.12 bits per heavy atom. The average molecular weight is 221 g/mol. The summed E-state index contributed by atoms with van der Waals surface area (Å²) in [6, 6.07) is 5.91. The van der Waals surface area contributed by atoms with Crippen LogP contribution in [-0.4, -0.2) is 13.7 Å². The summed E-state index contributed by atoms with van der Waals surface area (Å²) in [6.07, 6.45) is 2.58. The topological polar surface area (TPSA) is 44.5 Å². The highest BCUT2D eigenvalue weighted by atomic mass is 16.5. The van der Waals surface area contributed by atoms with Gasteiger partial charge in [-0.2, -0.15) is 0 Å². The molecule has 1 aromatic rings. The van der Waals surface area contributed by atoms with Crippen LogP contribution in [0.25, 0.3) is 0 Å². The number of methoxy groups -OCH3 is 1. The van der Waals surface area contributed by atoms with E-state index >= 15 is 0 Å². The van der Waals surface area contributed by atoms with E-state index in [4.69, 9.17) is 15.2 Å². The molecule has 0 heterocycles. The maximum absolute atomic E-state index is 5.82. The largest absolute Gasteiger partial charge is 0.493 e. The number of rotatable bonds is 5. The number of hydrogen-bond donors (Lipinski definition) is 1. The maximum atomic E-state index is 5.82. The lowest BCUT2D eigenvalue weighted by molar-refractivity contribution is 0.280. The van der Waals surface area contributed by atoms with Gasteiger partial charge in [-0.3, -0.25) is 0 Å². The van der Waals surface area contributed by atoms with Gasteiger partial charge in [0.15, 0.2) is 11.5 Å². The first-order valence-electron chi connectivity index (χ1n) is 5.77. The molecule has 0 aliphatic heterocycles. The van der Waals surface area contributed by atoms with E-state index in [1.54, 1.807) is 7.11 Å². The Kier molecular flexibility index (Phi) is 3.34. The molecule has 1 aromatic carbocycles. The van der Waals surface area contributed by atoms with Gasteiger partial charge in [-0.15, -0.1) is 0 Å². The first-order chi connectivity index (χ1) is 7.70. The third-order valence-electron chi connectivity index (χ3n) is 2.88. The molecule has 0 bridgehead atoms. The number of ether oxygens (including phenoxy) is 2. The minimum Gasteiger partial charge on any atom is -0.493 e. The normalized spacial score (nSPS) is 16.9. The van der Waals surface area contributed by atoms with Crippen molar-refractivity contribution in [1.29, 1.82) is 0 Å². The van der Waals surface area contributed by atoms with Crippen LogP contribution in [0, 0.1) is 5.92 Å². The zero-order valence-electron chi connectivity index (χ0n) is 9.90. The SMILES string of the molecule is COc1cc([C@@H](C)N)ccc1OCC1CC1. The van der Waals surface area contributed by atoms with E-state index in [1.807, 2.05) is 25.1 Å². The number of benzene rings is 1. The molecule has 2 rings (SSSR count). The third-order valence-corrected chi connectivity index (χ3v) is 2.88. The second-order valence-corrected chi connectivity index (χ2v) is 4.45. The van der Waals surface area contributed by atoms with Crippen molar-refractivity contribution in [1.82, 2.24) is 0 Å². The lowest BCUT2D eigenvalue weighted by atomic mass is 10.1. The van der Waals surface area contributed by atoms with E-state index in [1.165, 1.54) is 12.8 Å². The van der Waals surface area contributed by atoms with Gasteiger partial charge < -0.3 is 15.2 Å². The van der Waals surface area contributed by atoms with E-state index in [9.17, 15) is 0 Å². The molecule has 3 heteroatoms. The Bertz CT molecular complexity index is 359. The van der Waals surface area contributed by atoms with Crippen molar-refractivity contribution in [3.05, 3.63) is 23.8 Å². The van der Waals surface area contributed by atoms with Crippen molar-refractivity contribution < 1.29 is 9.47 Å². The van der Waals surface area contributed by atoms with Gasteiger partial charge in [-0.05, 0) is 43.4 Å². The minimum atomic E-state index is 0.0198. The summed E-state index contributed by atoms with van der Waals surface area (Å²) in [5, 5.41) is 0. The Labute approximate surface area is 96.5 Å². The van der Waals surface area contributed by atoms with Crippen molar-refractivity contribution in [3.8, 4) is 11.5 Å². The first kappa shape index (κ1) is 11.3. The predicted octanol–water partition coefficient (Wildman–Crippen LogP) is 2.50. The van der Waals surface area contributed by atoms with Crippen LogP contribution >= 0.6 is 0 Å². The standard InChI is InChI=1S/C13H19NO2/c1-9(14)11-5-6-12(13(7-11)15-2)16-8-10-3-4-10/h5-7,9-10H,3-4,8,14H2,1-2H3/t9-/m1/s1. The Morgan fingerprint density at radius 3 is 2.69 bits per heavy atom. The average Bonchev–Trinajstić information content (AvgIpc) is 3.09. The molecular weight excluding hydrogens is 202 g/mol. The monoisotopic (exact) mass is 221 g/mol. The molecule has 2 N–H and O–H groups in total. The van der Waals surface area contributed by atoms with Crippen LogP contribution in [0.15, 0.2) is 18.2 Å². The summed E-state index contributed by atoms with van der Waals surface area (Å²) >= 11 is 0. The van der Waals surface area contributed by atoms with Crippen LogP contribution in [0.3, 0.4) is 0 Å². The molecule has 1 aliphatic rings. The molecule has 0 spiro atoms. The molecule has 1 atom stereocenters. The highest BCUT2D eigenvalue weighted by Crippen LogP contribution is 2.33. The highest BCUT2D eigenvalue weighted by Gasteiger charge is 2.22. The fourth-order valence-corrected chi connectivity index (χ4v) is 1.58. The molecular formula is C13H19NO2. The molecule has 88 valence electrons. The van der Waals surface area contributed by atoms with Crippen LogP contribution in [0.4, 0.5) is 0 Å². The van der Waals surface area contributed by atoms with Gasteiger partial charge in [-0.1, -0.05) is 6.07 Å². The zero-order valence-corrected chi connectivity index (χ0v) is 9.90. The van der Waals surface area contributed by atoms with Crippen LogP contribution in [0.1, 0.15) is 31.4 Å². The van der Waals surface area contributed by atoms with E-state index in [2.05, 4.69) is 0 Å². The Hall–Kier alpha value is -1.22. The van der Waals surface area contributed by atoms with E-state index in [-0.39, 0.29) is 6.04 Å². The molecule has 0 radical (unpaired) electrons. The zero-order chi connectivity index (χ0) is 11.5. The van der Waals surface area contributed by atoms with Gasteiger partial charge in [0.2, 0.25) is 0 Å². The molecule has 1 aliphatic carbocycles. The predicted molar refractivity (Wildman–Crippen MR) is 63.8 cm³/mol. The summed E-state index contributed by atoms with van der Waals surface area (Å²) in [5.41, 5.74) is 6.89. The molecule has 0 aromatic heterocycles. The van der Waals surface area contributed by atoms with Crippen LogP contribution in [0.5, 0.6) is 11.5 Å². The van der Waals surface area contributed by atoms with Crippen molar-refractivity contribution >= 4 is 0 Å². The van der Waals surface area contributed by atoms with Crippen molar-refractivity contribution in [3.63, 3.8) is 0 Å². The molecule has 3 nitrogen and oxygen atoms in total. The van der Waals surface area contributed by atoms with Gasteiger partial charge in [0.1, 0.15) is 0 Å². The fraction of sp³-hybridized carbons (Fsp3) is 0.538. The van der Waals surface area contributed by atoms with Crippen molar-refractivity contribution in [2.45, 2.75) is 25.8 Å².